The van der Waals surface area contributed by atoms with Crippen molar-refractivity contribution in [3.05, 3.63) is 0 Å². The van der Waals surface area contributed by atoms with E-state index >= 15 is 0 Å². The number of carbonyl (C=O) groups excluding carboxylic acids is 2. The minimum absolute atomic E-state index is 0.242. The Kier molecular flexibility index (Phi) is 15.9. The molecule has 0 fully saturated rings. The van der Waals surface area contributed by atoms with E-state index in [2.05, 4.69) is 0 Å². The number of nitrogens with zero attached hydrogens (tertiary/aromatic N) is 1. The van der Waals surface area contributed by atoms with E-state index in [0.29, 0.717) is 52.1 Å². The van der Waals surface area contributed by atoms with Crippen molar-refractivity contribution in [3.8, 4) is 0 Å². The molecule has 0 rings (SSSR count). The second kappa shape index (κ2) is 16.0. The van der Waals surface area contributed by atoms with Gasteiger partial charge in [-0.2, -0.15) is 0 Å². The maximum Gasteiger partial charge on any atom is 0.343 e. The molecule has 0 unspecified atom stereocenters. The number of rotatable bonds is 16. The van der Waals surface area contributed by atoms with E-state index in [1.54, 1.807) is 0 Å². The van der Waals surface area contributed by atoms with Gasteiger partial charge < -0.3 is 14.2 Å². The highest BCUT2D eigenvalue weighted by molar-refractivity contribution is 7.64. The maximum absolute atomic E-state index is 11.7. The van der Waals surface area contributed by atoms with Crippen molar-refractivity contribution in [2.45, 2.75) is 45.6 Å². The smallest absolute Gasteiger partial charge is 0.343 e. The van der Waals surface area contributed by atoms with Crippen LogP contribution in [0.2, 0.25) is 6.04 Å². The van der Waals surface area contributed by atoms with Crippen molar-refractivity contribution < 1.29 is 23.8 Å². The predicted molar refractivity (Wildman–Crippen MR) is 107 cm³/mol. The van der Waals surface area contributed by atoms with E-state index in [-0.39, 0.29) is 24.8 Å². The minimum atomic E-state index is -2.66. The van der Waals surface area contributed by atoms with Gasteiger partial charge in [0, 0.05) is 32.3 Å². The molecule has 0 N–H and O–H groups in total. The zero-order chi connectivity index (χ0) is 19.8. The molecule has 154 valence electrons. The Balaban J connectivity index is 4.21. The Morgan fingerprint density at radius 3 is 1.73 bits per heavy atom. The van der Waals surface area contributed by atoms with Crippen LogP contribution in [-0.4, -0.2) is 68.9 Å². The van der Waals surface area contributed by atoms with Crippen LogP contribution in [0.25, 0.3) is 0 Å². The zero-order valence-corrected chi connectivity index (χ0v) is 18.9. The average Bonchev–Trinajstić information content (AvgIpc) is 2.58. The number of hydrogen-bond acceptors (Lipinski definition) is 6. The number of ether oxygens (including phenoxy) is 3. The van der Waals surface area contributed by atoms with Crippen LogP contribution in [0.1, 0.15) is 39.5 Å². The molecule has 26 heavy (non-hydrogen) atoms. The van der Waals surface area contributed by atoms with Crippen molar-refractivity contribution in [1.82, 2.24) is 4.90 Å². The molecular weight excluding hydrogens is 421 g/mol. The predicted octanol–water partition coefficient (Wildman–Crippen LogP) is 3.65. The Bertz CT molecular complexity index is 373. The molecule has 10 heteroatoms. The topological polar surface area (TPSA) is 65.1 Å². The van der Waals surface area contributed by atoms with Crippen molar-refractivity contribution in [2.24, 2.45) is 0 Å². The summed E-state index contributed by atoms with van der Waals surface area (Å²) in [5.41, 5.74) is 0. The lowest BCUT2D eigenvalue weighted by molar-refractivity contribution is -0.144. The molecule has 0 saturated carbocycles. The van der Waals surface area contributed by atoms with Crippen LogP contribution in [0.5, 0.6) is 0 Å². The van der Waals surface area contributed by atoms with Crippen molar-refractivity contribution >= 4 is 51.2 Å². The summed E-state index contributed by atoms with van der Waals surface area (Å²) in [5, 5.41) is 0. The molecule has 0 atom stereocenters. The average molecular weight is 451 g/mol. The van der Waals surface area contributed by atoms with Crippen LogP contribution in [0.4, 0.5) is 0 Å². The molecule has 0 aliphatic rings. The van der Waals surface area contributed by atoms with Gasteiger partial charge >= 0.3 is 17.9 Å². The fourth-order valence-electron chi connectivity index (χ4n) is 1.89. The van der Waals surface area contributed by atoms with Gasteiger partial charge in [0.1, 0.15) is 0 Å². The number of esters is 2. The quantitative estimate of drug-likeness (QED) is 0.155. The molecular formula is C16H30Cl3NO5Si. The lowest BCUT2D eigenvalue weighted by Gasteiger charge is -2.21. The lowest BCUT2D eigenvalue weighted by Crippen LogP contribution is -2.33. The van der Waals surface area contributed by atoms with Gasteiger partial charge in [0.05, 0.1) is 32.7 Å². The third kappa shape index (κ3) is 17.4. The summed E-state index contributed by atoms with van der Waals surface area (Å²) < 4.78 is 15.6. The summed E-state index contributed by atoms with van der Waals surface area (Å²) in [5.74, 6) is -0.484. The Morgan fingerprint density at radius 1 is 0.808 bits per heavy atom. The first-order valence-corrected chi connectivity index (χ1v) is 14.2. The molecule has 0 aromatic carbocycles. The second-order valence-corrected chi connectivity index (χ2v) is 15.0. The van der Waals surface area contributed by atoms with Crippen LogP contribution >= 0.6 is 33.2 Å². The molecule has 0 aromatic rings. The van der Waals surface area contributed by atoms with E-state index in [9.17, 15) is 9.59 Å². The highest BCUT2D eigenvalue weighted by Gasteiger charge is 2.24. The van der Waals surface area contributed by atoms with Crippen molar-refractivity contribution in [1.29, 1.82) is 0 Å². The van der Waals surface area contributed by atoms with Crippen LogP contribution in [0, 0.1) is 0 Å². The summed E-state index contributed by atoms with van der Waals surface area (Å²) >= 11 is 17.4. The summed E-state index contributed by atoms with van der Waals surface area (Å²) in [6.07, 6.45) is 2.12. The zero-order valence-electron chi connectivity index (χ0n) is 15.6. The van der Waals surface area contributed by atoms with Gasteiger partial charge in [0.15, 0.2) is 0 Å². The van der Waals surface area contributed by atoms with Gasteiger partial charge in [0.2, 0.25) is 0 Å². The van der Waals surface area contributed by atoms with E-state index < -0.39 is 6.00 Å². The summed E-state index contributed by atoms with van der Waals surface area (Å²) in [6, 6.07) is -2.23. The van der Waals surface area contributed by atoms with E-state index in [4.69, 9.17) is 47.4 Å². The third-order valence-corrected chi connectivity index (χ3v) is 5.75. The molecule has 6 nitrogen and oxygen atoms in total. The fraction of sp³-hybridized carbons (Fsp3) is 0.875. The van der Waals surface area contributed by atoms with Gasteiger partial charge in [0.25, 0.3) is 0 Å². The number of halogens is 3. The summed E-state index contributed by atoms with van der Waals surface area (Å²) in [7, 11) is 0. The van der Waals surface area contributed by atoms with Crippen molar-refractivity contribution in [3.63, 3.8) is 0 Å². The first-order valence-electron chi connectivity index (χ1n) is 8.96. The maximum atomic E-state index is 11.7. The Morgan fingerprint density at radius 2 is 1.31 bits per heavy atom. The molecule has 0 aliphatic heterocycles. The highest BCUT2D eigenvalue weighted by atomic mass is 35.8. The first-order chi connectivity index (χ1) is 12.3. The molecule has 0 radical (unpaired) electrons. The standard InChI is InChI=1S/C16H30Cl3NO5Si/c1-3-10-24-15(21)5-7-20(8-6-16(22)25-11-4-2)9-12-23-13-14-26(17,18)19/h3-14H2,1-2H3. The minimum Gasteiger partial charge on any atom is -0.466 e. The fourth-order valence-corrected chi connectivity index (χ4v) is 2.96. The number of hydrogen-bond donors (Lipinski definition) is 0. The molecule has 0 aromatic heterocycles. The molecule has 0 bridgehead atoms. The molecule has 0 amide bonds. The second-order valence-electron chi connectivity index (χ2n) is 5.76. The van der Waals surface area contributed by atoms with Gasteiger partial charge in [-0.3, -0.25) is 14.5 Å². The van der Waals surface area contributed by atoms with Gasteiger partial charge in [-0.1, -0.05) is 13.8 Å². The third-order valence-electron chi connectivity index (χ3n) is 3.28. The molecule has 0 aliphatic carbocycles. The molecule has 0 spiro atoms. The lowest BCUT2D eigenvalue weighted by atomic mass is 10.3. The van der Waals surface area contributed by atoms with E-state index in [1.807, 2.05) is 18.7 Å². The summed E-state index contributed by atoms with van der Waals surface area (Å²) in [4.78, 5) is 25.3. The monoisotopic (exact) mass is 449 g/mol. The number of carbonyl (C=O) groups is 2. The van der Waals surface area contributed by atoms with Gasteiger partial charge in [-0.05, 0) is 12.8 Å². The normalized spacial score (nSPS) is 11.6. The van der Waals surface area contributed by atoms with Gasteiger partial charge in [-0.15, -0.1) is 33.2 Å². The molecule has 0 saturated heterocycles. The van der Waals surface area contributed by atoms with Crippen LogP contribution in [0.3, 0.4) is 0 Å². The van der Waals surface area contributed by atoms with Crippen LogP contribution in [-0.2, 0) is 23.8 Å². The summed E-state index contributed by atoms with van der Waals surface area (Å²) in [6.45, 7) is 7.11. The SMILES string of the molecule is CCCOC(=O)CCN(CCOCC[Si](Cl)(Cl)Cl)CCC(=O)OCCC. The first kappa shape index (κ1) is 25.9. The van der Waals surface area contributed by atoms with Crippen LogP contribution in [0.15, 0.2) is 0 Å². The van der Waals surface area contributed by atoms with Crippen molar-refractivity contribution in [2.75, 3.05) is 46.1 Å². The largest absolute Gasteiger partial charge is 0.466 e. The Labute approximate surface area is 171 Å². The molecule has 0 heterocycles. The van der Waals surface area contributed by atoms with Gasteiger partial charge in [-0.25, -0.2) is 0 Å². The van der Waals surface area contributed by atoms with E-state index in [1.165, 1.54) is 0 Å². The van der Waals surface area contributed by atoms with Crippen LogP contribution < -0.4 is 0 Å². The van der Waals surface area contributed by atoms with E-state index in [0.717, 1.165) is 12.8 Å². The Hall–Kier alpha value is -0.0531. The highest BCUT2D eigenvalue weighted by Crippen LogP contribution is 2.24.